The monoisotopic (exact) mass is 623 g/mol. The van der Waals surface area contributed by atoms with Gasteiger partial charge in [-0.25, -0.2) is 0 Å². The first-order chi connectivity index (χ1) is 24.3. The molecule has 11 rings (SSSR count). The molecule has 11 aromatic rings. The maximum absolute atomic E-state index is 2.47. The molecule has 0 radical (unpaired) electrons. The van der Waals surface area contributed by atoms with Gasteiger partial charge in [-0.3, -0.25) is 0 Å². The quantitative estimate of drug-likeness (QED) is 0.186. The average molecular weight is 624 g/mol. The highest BCUT2D eigenvalue weighted by atomic mass is 15.0. The molecule has 0 fully saturated rings. The highest BCUT2D eigenvalue weighted by Gasteiger charge is 2.20. The molecule has 0 atom stereocenters. The molecule has 0 saturated heterocycles. The van der Waals surface area contributed by atoms with Crippen LogP contribution >= 0.6 is 0 Å². The molecule has 0 aliphatic heterocycles. The minimum absolute atomic E-state index is 1.17. The van der Waals surface area contributed by atoms with Gasteiger partial charge >= 0.3 is 0 Å². The van der Waals surface area contributed by atoms with E-state index in [1.165, 1.54) is 93.3 Å². The van der Waals surface area contributed by atoms with E-state index in [2.05, 4.69) is 190 Å². The lowest BCUT2D eigenvalue weighted by atomic mass is 10.1. The van der Waals surface area contributed by atoms with Gasteiger partial charge in [-0.2, -0.15) is 0 Å². The Labute approximate surface area is 282 Å². The molecule has 3 aromatic heterocycles. The molecule has 0 unspecified atom stereocenters. The average Bonchev–Trinajstić information content (AvgIpc) is 3.80. The third-order valence-electron chi connectivity index (χ3n) is 10.4. The summed E-state index contributed by atoms with van der Waals surface area (Å²) in [7, 11) is 0. The van der Waals surface area contributed by atoms with E-state index >= 15 is 0 Å². The van der Waals surface area contributed by atoms with Crippen LogP contribution in [0.4, 0.5) is 0 Å². The zero-order valence-corrected chi connectivity index (χ0v) is 26.6. The standard InChI is InChI=1S/C46H29N3/c1-2-13-31-28-32(25-24-30(31)12-1)48-42-21-10-6-17-37(42)46-44(48)22-11-23-45(46)49-41-20-9-5-16-36(41)38-29-33(26-27-43(38)49)47-39-18-7-3-14-34(39)35-15-4-8-19-40(35)47/h1-29H. The lowest BCUT2D eigenvalue weighted by Gasteiger charge is -2.12. The van der Waals surface area contributed by atoms with E-state index in [-0.39, 0.29) is 0 Å². The third-order valence-corrected chi connectivity index (χ3v) is 10.4. The third kappa shape index (κ3) is 3.67. The van der Waals surface area contributed by atoms with Crippen LogP contribution in [-0.2, 0) is 0 Å². The molecule has 3 heteroatoms. The molecule has 0 N–H and O–H groups in total. The summed E-state index contributed by atoms with van der Waals surface area (Å²) in [6.45, 7) is 0. The second kappa shape index (κ2) is 9.96. The van der Waals surface area contributed by atoms with Crippen LogP contribution in [0.15, 0.2) is 176 Å². The number of rotatable bonds is 3. The van der Waals surface area contributed by atoms with Crippen molar-refractivity contribution in [3.05, 3.63) is 176 Å². The second-order valence-corrected chi connectivity index (χ2v) is 13.0. The van der Waals surface area contributed by atoms with Crippen LogP contribution in [0, 0.1) is 0 Å². The van der Waals surface area contributed by atoms with Crippen LogP contribution in [0.5, 0.6) is 0 Å². The van der Waals surface area contributed by atoms with Crippen molar-refractivity contribution in [1.82, 2.24) is 13.7 Å². The molecule has 0 saturated carbocycles. The van der Waals surface area contributed by atoms with Crippen LogP contribution in [0.25, 0.3) is 93.3 Å². The molecule has 3 nitrogen and oxygen atoms in total. The zero-order chi connectivity index (χ0) is 32.1. The molecule has 3 heterocycles. The van der Waals surface area contributed by atoms with Crippen molar-refractivity contribution in [2.24, 2.45) is 0 Å². The Morgan fingerprint density at radius 1 is 0.265 bits per heavy atom. The van der Waals surface area contributed by atoms with Crippen LogP contribution in [0.2, 0.25) is 0 Å². The predicted molar refractivity (Wildman–Crippen MR) is 207 cm³/mol. The first-order valence-corrected chi connectivity index (χ1v) is 16.9. The fourth-order valence-corrected chi connectivity index (χ4v) is 8.34. The zero-order valence-electron chi connectivity index (χ0n) is 26.6. The molecule has 49 heavy (non-hydrogen) atoms. The summed E-state index contributed by atoms with van der Waals surface area (Å²) in [6, 6.07) is 64.3. The van der Waals surface area contributed by atoms with E-state index < -0.39 is 0 Å². The first kappa shape index (κ1) is 26.5. The van der Waals surface area contributed by atoms with Crippen LogP contribution in [0.1, 0.15) is 0 Å². The van der Waals surface area contributed by atoms with E-state index in [4.69, 9.17) is 0 Å². The Morgan fingerprint density at radius 2 is 0.735 bits per heavy atom. The van der Waals surface area contributed by atoms with Crippen molar-refractivity contribution in [1.29, 1.82) is 0 Å². The lowest BCUT2D eigenvalue weighted by Crippen LogP contribution is -1.97. The number of fused-ring (bicyclic) bond motifs is 10. The normalized spacial score (nSPS) is 12.1. The molecule has 0 aliphatic rings. The number of nitrogens with zero attached hydrogens (tertiary/aromatic N) is 3. The van der Waals surface area contributed by atoms with Crippen molar-refractivity contribution in [2.75, 3.05) is 0 Å². The molecule has 8 aromatic carbocycles. The van der Waals surface area contributed by atoms with Gasteiger partial charge in [0.1, 0.15) is 0 Å². The van der Waals surface area contributed by atoms with Gasteiger partial charge in [0.25, 0.3) is 0 Å². The lowest BCUT2D eigenvalue weighted by molar-refractivity contribution is 1.17. The Balaban J connectivity index is 1.21. The Bertz CT molecular complexity index is 3060. The highest BCUT2D eigenvalue weighted by Crippen LogP contribution is 2.41. The minimum Gasteiger partial charge on any atom is -0.309 e. The second-order valence-electron chi connectivity index (χ2n) is 13.0. The SMILES string of the molecule is c1ccc2cc(-n3c4ccccc4c4c(-n5c6ccccc6c6cc(-n7c8ccccc8c8ccccc87)ccc65)cccc43)ccc2c1. The summed E-state index contributed by atoms with van der Waals surface area (Å²) in [4.78, 5) is 0. The van der Waals surface area contributed by atoms with E-state index in [1.807, 2.05) is 0 Å². The fourth-order valence-electron chi connectivity index (χ4n) is 8.34. The number of aromatic nitrogens is 3. The molecule has 0 aliphatic carbocycles. The Hall–Kier alpha value is -6.58. The van der Waals surface area contributed by atoms with Gasteiger partial charge in [-0.05, 0) is 77.5 Å². The van der Waals surface area contributed by atoms with Crippen molar-refractivity contribution in [3.8, 4) is 17.1 Å². The maximum atomic E-state index is 2.47. The molecule has 0 spiro atoms. The van der Waals surface area contributed by atoms with Gasteiger partial charge in [0.05, 0.1) is 38.8 Å². The van der Waals surface area contributed by atoms with E-state index in [9.17, 15) is 0 Å². The van der Waals surface area contributed by atoms with Gasteiger partial charge in [0.2, 0.25) is 0 Å². The van der Waals surface area contributed by atoms with Crippen molar-refractivity contribution < 1.29 is 0 Å². The summed E-state index contributed by atoms with van der Waals surface area (Å²) in [5.74, 6) is 0. The van der Waals surface area contributed by atoms with E-state index in [0.717, 1.165) is 0 Å². The molecular weight excluding hydrogens is 595 g/mol. The number of hydrogen-bond acceptors (Lipinski definition) is 0. The summed E-state index contributed by atoms with van der Waals surface area (Å²) in [5, 5.41) is 10.0. The van der Waals surface area contributed by atoms with E-state index in [1.54, 1.807) is 0 Å². The summed E-state index contributed by atoms with van der Waals surface area (Å²) in [6.07, 6.45) is 0. The van der Waals surface area contributed by atoms with E-state index in [0.29, 0.717) is 0 Å². The van der Waals surface area contributed by atoms with Crippen LogP contribution < -0.4 is 0 Å². The van der Waals surface area contributed by atoms with Crippen molar-refractivity contribution >= 4 is 76.2 Å². The summed E-state index contributed by atoms with van der Waals surface area (Å²) in [5.41, 5.74) is 10.8. The van der Waals surface area contributed by atoms with Gasteiger partial charge in [-0.1, -0.05) is 109 Å². The molecule has 0 amide bonds. The fraction of sp³-hybridized carbons (Fsp3) is 0. The molecule has 228 valence electrons. The van der Waals surface area contributed by atoms with Gasteiger partial charge in [-0.15, -0.1) is 0 Å². The van der Waals surface area contributed by atoms with Crippen molar-refractivity contribution in [3.63, 3.8) is 0 Å². The summed E-state index contributed by atoms with van der Waals surface area (Å²) < 4.78 is 7.31. The largest absolute Gasteiger partial charge is 0.309 e. The Morgan fingerprint density at radius 3 is 1.45 bits per heavy atom. The van der Waals surface area contributed by atoms with Gasteiger partial charge in [0, 0.05) is 43.7 Å². The topological polar surface area (TPSA) is 14.8 Å². The van der Waals surface area contributed by atoms with Crippen LogP contribution in [-0.4, -0.2) is 13.7 Å². The Kier molecular flexibility index (Phi) is 5.38. The highest BCUT2D eigenvalue weighted by molar-refractivity contribution is 6.17. The smallest absolute Gasteiger partial charge is 0.0562 e. The first-order valence-electron chi connectivity index (χ1n) is 16.9. The number of hydrogen-bond donors (Lipinski definition) is 0. The minimum atomic E-state index is 1.17. The van der Waals surface area contributed by atoms with Gasteiger partial charge in [0.15, 0.2) is 0 Å². The number of benzene rings is 8. The molecular formula is C46H29N3. The summed E-state index contributed by atoms with van der Waals surface area (Å²) >= 11 is 0. The van der Waals surface area contributed by atoms with Crippen molar-refractivity contribution in [2.45, 2.75) is 0 Å². The van der Waals surface area contributed by atoms with Crippen LogP contribution in [0.3, 0.4) is 0 Å². The predicted octanol–water partition coefficient (Wildman–Crippen LogP) is 12.1. The number of para-hydroxylation sites is 4. The maximum Gasteiger partial charge on any atom is 0.0562 e. The molecule has 0 bridgehead atoms. The van der Waals surface area contributed by atoms with Gasteiger partial charge < -0.3 is 13.7 Å².